The molecule has 4 nitrogen and oxygen atoms in total. The molecule has 0 aromatic heterocycles. The summed E-state index contributed by atoms with van der Waals surface area (Å²) < 4.78 is 22.7. The molecule has 0 aliphatic carbocycles. The molecule has 0 spiro atoms. The molecular weight excluding hydrogens is 274 g/mol. The van der Waals surface area contributed by atoms with E-state index < -0.39 is 9.84 Å². The summed E-state index contributed by atoms with van der Waals surface area (Å²) in [4.78, 5) is 0.321. The smallest absolute Gasteiger partial charge is 0.175 e. The summed E-state index contributed by atoms with van der Waals surface area (Å²) in [6, 6.07) is 13.9. The topological polar surface area (TPSA) is 66.4 Å². The van der Waals surface area contributed by atoms with Gasteiger partial charge in [0, 0.05) is 24.9 Å². The van der Waals surface area contributed by atoms with E-state index in [0.29, 0.717) is 18.0 Å². The van der Waals surface area contributed by atoms with Crippen LogP contribution < -0.4 is 5.32 Å². The molecule has 2 aromatic rings. The number of nitrogens with one attached hydrogen (secondary N) is 1. The van der Waals surface area contributed by atoms with Gasteiger partial charge in [0.05, 0.1) is 4.90 Å². The lowest BCUT2D eigenvalue weighted by atomic mass is 10.2. The van der Waals surface area contributed by atoms with Crippen molar-refractivity contribution in [2.75, 3.05) is 6.26 Å². The Morgan fingerprint density at radius 2 is 1.65 bits per heavy atom. The van der Waals surface area contributed by atoms with E-state index in [4.69, 9.17) is 0 Å². The number of sulfone groups is 1. The Labute approximate surface area is 119 Å². The highest BCUT2D eigenvalue weighted by Gasteiger charge is 2.06. The summed E-state index contributed by atoms with van der Waals surface area (Å²) in [6.07, 6.45) is 1.19. The molecule has 0 amide bonds. The highest BCUT2D eigenvalue weighted by Crippen LogP contribution is 2.15. The first-order valence-corrected chi connectivity index (χ1v) is 8.12. The summed E-state index contributed by atoms with van der Waals surface area (Å²) in [6.45, 7) is 1.17. The van der Waals surface area contributed by atoms with Gasteiger partial charge in [0.15, 0.2) is 9.84 Å². The Morgan fingerprint density at radius 1 is 1.00 bits per heavy atom. The lowest BCUT2D eigenvalue weighted by Crippen LogP contribution is -2.12. The largest absolute Gasteiger partial charge is 0.508 e. The third-order valence-corrected chi connectivity index (χ3v) is 4.12. The Hall–Kier alpha value is -1.85. The van der Waals surface area contributed by atoms with Crippen LogP contribution in [0.4, 0.5) is 0 Å². The molecule has 106 valence electrons. The van der Waals surface area contributed by atoms with Gasteiger partial charge in [-0.2, -0.15) is 0 Å². The second kappa shape index (κ2) is 6.07. The minimum Gasteiger partial charge on any atom is -0.508 e. The van der Waals surface area contributed by atoms with E-state index in [1.54, 1.807) is 36.4 Å². The van der Waals surface area contributed by atoms with Crippen molar-refractivity contribution in [2.45, 2.75) is 18.0 Å². The first-order valence-electron chi connectivity index (χ1n) is 6.23. The molecule has 0 aliphatic heterocycles. The van der Waals surface area contributed by atoms with Crippen LogP contribution in [0.3, 0.4) is 0 Å². The summed E-state index contributed by atoms with van der Waals surface area (Å²) in [5.41, 5.74) is 1.83. The molecular formula is C15H17NO3S. The van der Waals surface area contributed by atoms with Crippen molar-refractivity contribution in [3.05, 3.63) is 59.7 Å². The summed E-state index contributed by atoms with van der Waals surface area (Å²) in [5, 5.41) is 12.8. The normalized spacial score (nSPS) is 11.4. The maximum Gasteiger partial charge on any atom is 0.175 e. The van der Waals surface area contributed by atoms with Gasteiger partial charge in [0.25, 0.3) is 0 Å². The van der Waals surface area contributed by atoms with Crippen LogP contribution in [0.15, 0.2) is 53.4 Å². The van der Waals surface area contributed by atoms with E-state index >= 15 is 0 Å². The van der Waals surface area contributed by atoms with Gasteiger partial charge in [0.1, 0.15) is 5.75 Å². The molecule has 0 bridgehead atoms. The third-order valence-electron chi connectivity index (χ3n) is 2.99. The predicted octanol–water partition coefficient (Wildman–Crippen LogP) is 2.09. The number of phenolic OH excluding ortho intramolecular Hbond substituents is 1. The highest BCUT2D eigenvalue weighted by atomic mass is 32.2. The number of rotatable bonds is 5. The second-order valence-electron chi connectivity index (χ2n) is 4.65. The maximum atomic E-state index is 11.3. The molecule has 5 heteroatoms. The zero-order valence-corrected chi connectivity index (χ0v) is 12.0. The number of hydrogen-bond acceptors (Lipinski definition) is 4. The average Bonchev–Trinajstić information content (AvgIpc) is 2.40. The third kappa shape index (κ3) is 3.82. The Kier molecular flexibility index (Phi) is 4.42. The fraction of sp³-hybridized carbons (Fsp3) is 0.200. The van der Waals surface area contributed by atoms with Gasteiger partial charge >= 0.3 is 0 Å². The van der Waals surface area contributed by atoms with Crippen molar-refractivity contribution >= 4 is 9.84 Å². The van der Waals surface area contributed by atoms with Crippen molar-refractivity contribution in [2.24, 2.45) is 0 Å². The summed E-state index contributed by atoms with van der Waals surface area (Å²) in [5.74, 6) is 0.271. The fourth-order valence-corrected chi connectivity index (χ4v) is 2.49. The molecule has 2 aromatic carbocycles. The molecule has 20 heavy (non-hydrogen) atoms. The first kappa shape index (κ1) is 14.6. The average molecular weight is 291 g/mol. The van der Waals surface area contributed by atoms with Crippen LogP contribution in [0.5, 0.6) is 5.75 Å². The number of para-hydroxylation sites is 1. The Balaban J connectivity index is 1.94. The van der Waals surface area contributed by atoms with E-state index in [0.717, 1.165) is 11.1 Å². The molecule has 2 N–H and O–H groups in total. The SMILES string of the molecule is CS(=O)(=O)c1ccc(CNCc2ccccc2O)cc1. The van der Waals surface area contributed by atoms with Gasteiger partial charge in [-0.3, -0.25) is 0 Å². The Bertz CT molecular complexity index is 679. The number of benzene rings is 2. The zero-order valence-electron chi connectivity index (χ0n) is 11.2. The fourth-order valence-electron chi connectivity index (χ4n) is 1.86. The minimum absolute atomic E-state index is 0.271. The monoisotopic (exact) mass is 291 g/mol. The van der Waals surface area contributed by atoms with Crippen LogP contribution >= 0.6 is 0 Å². The van der Waals surface area contributed by atoms with Crippen LogP contribution in [0.2, 0.25) is 0 Å². The molecule has 0 atom stereocenters. The maximum absolute atomic E-state index is 11.3. The minimum atomic E-state index is -3.14. The van der Waals surface area contributed by atoms with Gasteiger partial charge in [0.2, 0.25) is 0 Å². The molecule has 0 heterocycles. The lowest BCUT2D eigenvalue weighted by molar-refractivity contribution is 0.464. The van der Waals surface area contributed by atoms with Gasteiger partial charge in [-0.05, 0) is 23.8 Å². The molecule has 0 saturated carbocycles. The van der Waals surface area contributed by atoms with Crippen molar-refractivity contribution in [3.8, 4) is 5.75 Å². The number of phenols is 1. The van der Waals surface area contributed by atoms with Crippen LogP contribution in [0, 0.1) is 0 Å². The molecule has 0 radical (unpaired) electrons. The predicted molar refractivity (Wildman–Crippen MR) is 78.2 cm³/mol. The number of hydrogen-bond donors (Lipinski definition) is 2. The van der Waals surface area contributed by atoms with E-state index in [9.17, 15) is 13.5 Å². The van der Waals surface area contributed by atoms with Crippen LogP contribution in [-0.2, 0) is 22.9 Å². The summed E-state index contributed by atoms with van der Waals surface area (Å²) >= 11 is 0. The molecule has 0 fully saturated rings. The van der Waals surface area contributed by atoms with Gasteiger partial charge in [-0.1, -0.05) is 30.3 Å². The van der Waals surface area contributed by atoms with E-state index in [2.05, 4.69) is 5.32 Å². The molecule has 0 unspecified atom stereocenters. The highest BCUT2D eigenvalue weighted by molar-refractivity contribution is 7.90. The quantitative estimate of drug-likeness (QED) is 0.885. The van der Waals surface area contributed by atoms with Crippen LogP contribution in [0.25, 0.3) is 0 Å². The van der Waals surface area contributed by atoms with E-state index in [-0.39, 0.29) is 5.75 Å². The summed E-state index contributed by atoms with van der Waals surface area (Å²) in [7, 11) is -3.14. The molecule has 0 aliphatic rings. The van der Waals surface area contributed by atoms with Crippen molar-refractivity contribution in [1.29, 1.82) is 0 Å². The first-order chi connectivity index (χ1) is 9.47. The van der Waals surface area contributed by atoms with Crippen LogP contribution in [-0.4, -0.2) is 19.8 Å². The molecule has 2 rings (SSSR count). The van der Waals surface area contributed by atoms with Crippen molar-refractivity contribution in [1.82, 2.24) is 5.32 Å². The van der Waals surface area contributed by atoms with Gasteiger partial charge in [-0.15, -0.1) is 0 Å². The zero-order chi connectivity index (χ0) is 14.6. The number of aromatic hydroxyl groups is 1. The van der Waals surface area contributed by atoms with E-state index in [1.165, 1.54) is 6.26 Å². The second-order valence-corrected chi connectivity index (χ2v) is 6.66. The van der Waals surface area contributed by atoms with Crippen molar-refractivity contribution < 1.29 is 13.5 Å². The van der Waals surface area contributed by atoms with Crippen molar-refractivity contribution in [3.63, 3.8) is 0 Å². The van der Waals surface area contributed by atoms with Gasteiger partial charge in [-0.25, -0.2) is 8.42 Å². The lowest BCUT2D eigenvalue weighted by Gasteiger charge is -2.07. The van der Waals surface area contributed by atoms with Gasteiger partial charge < -0.3 is 10.4 Å². The standard InChI is InChI=1S/C15H17NO3S/c1-20(18,19)14-8-6-12(7-9-14)10-16-11-13-4-2-3-5-15(13)17/h2-9,16-17H,10-11H2,1H3. The Morgan fingerprint density at radius 3 is 2.25 bits per heavy atom. The van der Waals surface area contributed by atoms with E-state index in [1.807, 2.05) is 12.1 Å². The van der Waals surface area contributed by atoms with Crippen LogP contribution in [0.1, 0.15) is 11.1 Å². The molecule has 0 saturated heterocycles.